The molecule has 2 N–H and O–H groups in total. The zero-order valence-electron chi connectivity index (χ0n) is 18.9. The molecule has 0 saturated carbocycles. The summed E-state index contributed by atoms with van der Waals surface area (Å²) in [5.74, 6) is -1.35. The average Bonchev–Trinajstić information content (AvgIpc) is 3.06. The minimum Gasteiger partial charge on any atom is -0.375 e. The number of carbonyl (C=O) groups is 4. The van der Waals surface area contributed by atoms with Crippen LogP contribution in [0.15, 0.2) is 89.6 Å². The lowest BCUT2D eigenvalue weighted by molar-refractivity contribution is -0.138. The Morgan fingerprint density at radius 1 is 0.800 bits per heavy atom. The van der Waals surface area contributed by atoms with Gasteiger partial charge < -0.3 is 10.6 Å². The fourth-order valence-corrected chi connectivity index (χ4v) is 3.81. The highest BCUT2D eigenvalue weighted by Gasteiger charge is 2.37. The van der Waals surface area contributed by atoms with Crippen LogP contribution in [0.4, 0.5) is 5.69 Å². The first-order valence-corrected chi connectivity index (χ1v) is 11.3. The normalized spacial score (nSPS) is 13.3. The number of nitrogens with zero attached hydrogens (tertiary/aromatic N) is 1. The van der Waals surface area contributed by atoms with Crippen LogP contribution in [0, 0.1) is 0 Å². The minimum absolute atomic E-state index is 0.0447. The van der Waals surface area contributed by atoms with Crippen molar-refractivity contribution < 1.29 is 19.2 Å². The largest absolute Gasteiger partial charge is 0.375 e. The van der Waals surface area contributed by atoms with Crippen LogP contribution in [0.5, 0.6) is 0 Å². The predicted molar refractivity (Wildman–Crippen MR) is 133 cm³/mol. The molecule has 0 atom stereocenters. The SMILES string of the molecule is CC(=O)c1ccc(NC(=O)c2ccc(CNC3=C(Cl)C(=O)N(Cc4ccccc4)C3=O)cc2)cc1. The topological polar surface area (TPSA) is 95.6 Å². The van der Waals surface area contributed by atoms with Gasteiger partial charge in [0.15, 0.2) is 5.78 Å². The third-order valence-electron chi connectivity index (χ3n) is 5.53. The number of Topliss-reactive ketones (excluding diaryl/α,β-unsaturated/α-hetero) is 1. The Hall–Kier alpha value is -4.23. The van der Waals surface area contributed by atoms with E-state index in [4.69, 9.17) is 11.6 Å². The van der Waals surface area contributed by atoms with E-state index >= 15 is 0 Å². The molecule has 1 aliphatic heterocycles. The summed E-state index contributed by atoms with van der Waals surface area (Å²) in [5, 5.41) is 5.60. The van der Waals surface area contributed by atoms with Crippen LogP contribution < -0.4 is 10.6 Å². The van der Waals surface area contributed by atoms with Gasteiger partial charge in [-0.1, -0.05) is 54.1 Å². The first-order chi connectivity index (χ1) is 16.8. The Morgan fingerprint density at radius 3 is 2.06 bits per heavy atom. The standard InChI is InChI=1S/C27H22ClN3O4/c1-17(32)20-11-13-22(14-12-20)30-25(33)21-9-7-18(8-10-21)15-29-24-23(28)26(34)31(27(24)35)16-19-5-3-2-4-6-19/h2-14,29H,15-16H2,1H3,(H,30,33). The molecule has 3 amide bonds. The van der Waals surface area contributed by atoms with Crippen LogP contribution in [0.25, 0.3) is 0 Å². The third-order valence-corrected chi connectivity index (χ3v) is 5.88. The molecule has 0 fully saturated rings. The fourth-order valence-electron chi connectivity index (χ4n) is 3.57. The molecule has 4 rings (SSSR count). The van der Waals surface area contributed by atoms with Crippen molar-refractivity contribution in [3.05, 3.63) is 112 Å². The zero-order valence-corrected chi connectivity index (χ0v) is 19.6. The maximum Gasteiger partial charge on any atom is 0.278 e. The molecule has 0 aliphatic carbocycles. The van der Waals surface area contributed by atoms with E-state index in [0.717, 1.165) is 16.0 Å². The number of halogens is 1. The molecule has 0 bridgehead atoms. The van der Waals surface area contributed by atoms with Gasteiger partial charge >= 0.3 is 0 Å². The van der Waals surface area contributed by atoms with Gasteiger partial charge in [0.25, 0.3) is 17.7 Å². The second-order valence-corrected chi connectivity index (χ2v) is 8.39. The number of nitrogens with one attached hydrogen (secondary N) is 2. The van der Waals surface area contributed by atoms with Crippen molar-refractivity contribution in [3.63, 3.8) is 0 Å². The van der Waals surface area contributed by atoms with E-state index in [-0.39, 0.29) is 35.5 Å². The van der Waals surface area contributed by atoms with E-state index < -0.39 is 11.8 Å². The van der Waals surface area contributed by atoms with Crippen LogP contribution >= 0.6 is 11.6 Å². The Bertz CT molecular complexity index is 1320. The molecule has 0 radical (unpaired) electrons. The Morgan fingerprint density at radius 2 is 1.43 bits per heavy atom. The van der Waals surface area contributed by atoms with Crippen LogP contribution in [-0.4, -0.2) is 28.4 Å². The molecular formula is C27H22ClN3O4. The number of imide groups is 1. The summed E-state index contributed by atoms with van der Waals surface area (Å²) in [7, 11) is 0. The molecule has 1 heterocycles. The summed E-state index contributed by atoms with van der Waals surface area (Å²) in [6.07, 6.45) is 0. The van der Waals surface area contributed by atoms with E-state index in [0.29, 0.717) is 16.8 Å². The van der Waals surface area contributed by atoms with E-state index in [1.807, 2.05) is 30.3 Å². The number of ketones is 1. The molecule has 1 aliphatic rings. The molecule has 35 heavy (non-hydrogen) atoms. The van der Waals surface area contributed by atoms with Gasteiger partial charge in [0.2, 0.25) is 0 Å². The van der Waals surface area contributed by atoms with E-state index in [1.165, 1.54) is 6.92 Å². The lowest BCUT2D eigenvalue weighted by Crippen LogP contribution is -2.33. The highest BCUT2D eigenvalue weighted by atomic mass is 35.5. The molecule has 0 spiro atoms. The maximum absolute atomic E-state index is 12.8. The van der Waals surface area contributed by atoms with Crippen LogP contribution in [-0.2, 0) is 22.7 Å². The Balaban J connectivity index is 1.35. The number of hydrogen-bond donors (Lipinski definition) is 2. The molecule has 0 aromatic heterocycles. The molecule has 7 nitrogen and oxygen atoms in total. The molecule has 176 valence electrons. The van der Waals surface area contributed by atoms with Crippen molar-refractivity contribution in [2.75, 3.05) is 5.32 Å². The van der Waals surface area contributed by atoms with E-state index in [9.17, 15) is 19.2 Å². The zero-order chi connectivity index (χ0) is 24.9. The van der Waals surface area contributed by atoms with Crippen molar-refractivity contribution in [1.29, 1.82) is 0 Å². The van der Waals surface area contributed by atoms with Crippen LogP contribution in [0.3, 0.4) is 0 Å². The average molecular weight is 488 g/mol. The molecule has 3 aromatic carbocycles. The number of amides is 3. The number of anilines is 1. The van der Waals surface area contributed by atoms with Gasteiger partial charge in [-0.25, -0.2) is 0 Å². The molecular weight excluding hydrogens is 466 g/mol. The lowest BCUT2D eigenvalue weighted by Gasteiger charge is -2.15. The Kier molecular flexibility index (Phi) is 7.08. The second-order valence-electron chi connectivity index (χ2n) is 8.01. The van der Waals surface area contributed by atoms with Crippen molar-refractivity contribution in [1.82, 2.24) is 10.2 Å². The molecule has 0 unspecified atom stereocenters. The molecule has 3 aromatic rings. The molecule has 0 saturated heterocycles. The Labute approximate surface area is 207 Å². The number of rotatable bonds is 8. The quantitative estimate of drug-likeness (QED) is 0.366. The summed E-state index contributed by atoms with van der Waals surface area (Å²) in [4.78, 5) is 50.2. The van der Waals surface area contributed by atoms with Gasteiger partial charge in [-0.15, -0.1) is 0 Å². The third kappa shape index (κ3) is 5.47. The highest BCUT2D eigenvalue weighted by Crippen LogP contribution is 2.24. The minimum atomic E-state index is -0.536. The van der Waals surface area contributed by atoms with Gasteiger partial charge in [0, 0.05) is 23.4 Å². The first-order valence-electron chi connectivity index (χ1n) is 10.9. The highest BCUT2D eigenvalue weighted by molar-refractivity contribution is 6.47. The van der Waals surface area contributed by atoms with E-state index in [2.05, 4.69) is 10.6 Å². The summed E-state index contributed by atoms with van der Waals surface area (Å²) in [6.45, 7) is 1.87. The van der Waals surface area contributed by atoms with Crippen molar-refractivity contribution in [3.8, 4) is 0 Å². The van der Waals surface area contributed by atoms with Gasteiger partial charge in [-0.05, 0) is 54.4 Å². The smallest absolute Gasteiger partial charge is 0.278 e. The van der Waals surface area contributed by atoms with Crippen LogP contribution in [0.1, 0.15) is 38.8 Å². The number of benzene rings is 3. The molecule has 8 heteroatoms. The monoisotopic (exact) mass is 487 g/mol. The van der Waals surface area contributed by atoms with E-state index in [1.54, 1.807) is 48.5 Å². The van der Waals surface area contributed by atoms with Crippen molar-refractivity contribution in [2.45, 2.75) is 20.0 Å². The summed E-state index contributed by atoms with van der Waals surface area (Å²) >= 11 is 6.16. The van der Waals surface area contributed by atoms with Gasteiger partial charge in [0.05, 0.1) is 6.54 Å². The van der Waals surface area contributed by atoms with Gasteiger partial charge in [-0.2, -0.15) is 0 Å². The maximum atomic E-state index is 12.8. The fraction of sp³-hybridized carbons (Fsp3) is 0.111. The summed E-state index contributed by atoms with van der Waals surface area (Å²) in [5.41, 5.74) is 3.28. The second kappa shape index (κ2) is 10.4. The summed E-state index contributed by atoms with van der Waals surface area (Å²) in [6, 6.07) is 22.7. The van der Waals surface area contributed by atoms with Gasteiger partial charge in [-0.3, -0.25) is 24.1 Å². The number of hydrogen-bond acceptors (Lipinski definition) is 5. The van der Waals surface area contributed by atoms with Crippen molar-refractivity contribution in [2.24, 2.45) is 0 Å². The number of carbonyl (C=O) groups excluding carboxylic acids is 4. The van der Waals surface area contributed by atoms with Crippen LogP contribution in [0.2, 0.25) is 0 Å². The van der Waals surface area contributed by atoms with Gasteiger partial charge in [0.1, 0.15) is 10.7 Å². The lowest BCUT2D eigenvalue weighted by atomic mass is 10.1. The summed E-state index contributed by atoms with van der Waals surface area (Å²) < 4.78 is 0. The first kappa shape index (κ1) is 23.9. The predicted octanol–water partition coefficient (Wildman–Crippen LogP) is 4.25. The van der Waals surface area contributed by atoms with Crippen molar-refractivity contribution >= 4 is 40.8 Å².